The monoisotopic (exact) mass is 362 g/mol. The zero-order chi connectivity index (χ0) is 12.4. The fraction of sp³-hybridized carbons (Fsp3) is 0.500. The SMILES string of the molecule is C[C@@H]1CNC[C@H]1C(=O)Nc1ncc(Br)nc1Br. The van der Waals surface area contributed by atoms with Gasteiger partial charge in [0.15, 0.2) is 5.82 Å². The number of nitrogens with zero attached hydrogens (tertiary/aromatic N) is 2. The smallest absolute Gasteiger partial charge is 0.230 e. The van der Waals surface area contributed by atoms with Gasteiger partial charge in [-0.05, 0) is 44.3 Å². The Balaban J connectivity index is 2.07. The van der Waals surface area contributed by atoms with Crippen LogP contribution in [-0.4, -0.2) is 29.0 Å². The second-order valence-electron chi connectivity index (χ2n) is 4.06. The summed E-state index contributed by atoms with van der Waals surface area (Å²) in [6.45, 7) is 3.66. The van der Waals surface area contributed by atoms with Crippen LogP contribution in [0.2, 0.25) is 0 Å². The summed E-state index contributed by atoms with van der Waals surface area (Å²) in [7, 11) is 0. The first kappa shape index (κ1) is 12.9. The van der Waals surface area contributed by atoms with E-state index in [2.05, 4.69) is 59.4 Å². The standard InChI is InChI=1S/C10H12Br2N4O/c1-5-2-13-3-6(5)10(17)16-9-8(12)15-7(11)4-14-9/h4-6,13H,2-3H2,1H3,(H,14,16,17)/t5-,6-/m1/s1. The van der Waals surface area contributed by atoms with E-state index in [0.29, 0.717) is 27.5 Å². The molecule has 0 bridgehead atoms. The molecule has 0 aromatic carbocycles. The molecule has 2 atom stereocenters. The average molecular weight is 364 g/mol. The van der Waals surface area contributed by atoms with Crippen LogP contribution in [0.25, 0.3) is 0 Å². The lowest BCUT2D eigenvalue weighted by atomic mass is 9.97. The Labute approximate surface area is 116 Å². The van der Waals surface area contributed by atoms with Crippen LogP contribution in [-0.2, 0) is 4.79 Å². The molecule has 92 valence electrons. The summed E-state index contributed by atoms with van der Waals surface area (Å²) in [5, 5.41) is 5.99. The van der Waals surface area contributed by atoms with E-state index >= 15 is 0 Å². The number of halogens is 2. The molecule has 1 fully saturated rings. The molecule has 1 aliphatic heterocycles. The average Bonchev–Trinajstić information content (AvgIpc) is 2.68. The van der Waals surface area contributed by atoms with Crippen molar-refractivity contribution in [2.24, 2.45) is 11.8 Å². The number of hydrogen-bond acceptors (Lipinski definition) is 4. The first-order valence-corrected chi connectivity index (χ1v) is 6.86. The van der Waals surface area contributed by atoms with Crippen LogP contribution in [0, 0.1) is 11.8 Å². The van der Waals surface area contributed by atoms with Crippen molar-refractivity contribution in [1.29, 1.82) is 0 Å². The van der Waals surface area contributed by atoms with Crippen LogP contribution < -0.4 is 10.6 Å². The van der Waals surface area contributed by atoms with Gasteiger partial charge in [0.25, 0.3) is 0 Å². The number of rotatable bonds is 2. The van der Waals surface area contributed by atoms with Crippen molar-refractivity contribution in [3.05, 3.63) is 15.4 Å². The lowest BCUT2D eigenvalue weighted by molar-refractivity contribution is -0.120. The molecule has 5 nitrogen and oxygen atoms in total. The number of carbonyl (C=O) groups is 1. The lowest BCUT2D eigenvalue weighted by Gasteiger charge is -2.14. The van der Waals surface area contributed by atoms with E-state index in [4.69, 9.17) is 0 Å². The Morgan fingerprint density at radius 1 is 1.53 bits per heavy atom. The van der Waals surface area contributed by atoms with Gasteiger partial charge >= 0.3 is 0 Å². The Morgan fingerprint density at radius 2 is 2.29 bits per heavy atom. The number of carbonyl (C=O) groups excluding carboxylic acids is 1. The fourth-order valence-electron chi connectivity index (χ4n) is 1.80. The van der Waals surface area contributed by atoms with Crippen molar-refractivity contribution < 1.29 is 4.79 Å². The van der Waals surface area contributed by atoms with Gasteiger partial charge in [-0.2, -0.15) is 0 Å². The molecule has 0 unspecified atom stereocenters. The number of nitrogens with one attached hydrogen (secondary N) is 2. The summed E-state index contributed by atoms with van der Waals surface area (Å²) in [5.41, 5.74) is 0. The minimum Gasteiger partial charge on any atom is -0.316 e. The molecular weight excluding hydrogens is 352 g/mol. The van der Waals surface area contributed by atoms with Crippen LogP contribution in [0.4, 0.5) is 5.82 Å². The number of amides is 1. The summed E-state index contributed by atoms with van der Waals surface area (Å²) in [6, 6.07) is 0. The first-order chi connectivity index (χ1) is 8.08. The van der Waals surface area contributed by atoms with Crippen LogP contribution in [0.5, 0.6) is 0 Å². The van der Waals surface area contributed by atoms with Crippen molar-refractivity contribution in [3.8, 4) is 0 Å². The summed E-state index contributed by atoms with van der Waals surface area (Å²) in [4.78, 5) is 20.2. The topological polar surface area (TPSA) is 66.9 Å². The molecule has 17 heavy (non-hydrogen) atoms. The Kier molecular flexibility index (Phi) is 4.11. The molecule has 1 aromatic rings. The summed E-state index contributed by atoms with van der Waals surface area (Å²) < 4.78 is 1.15. The van der Waals surface area contributed by atoms with Gasteiger partial charge in [0.1, 0.15) is 9.21 Å². The zero-order valence-corrected chi connectivity index (χ0v) is 12.4. The third-order valence-corrected chi connectivity index (χ3v) is 3.73. The second kappa shape index (κ2) is 5.41. The molecule has 0 saturated carbocycles. The number of hydrogen-bond donors (Lipinski definition) is 2. The van der Waals surface area contributed by atoms with Crippen molar-refractivity contribution in [2.45, 2.75) is 6.92 Å². The van der Waals surface area contributed by atoms with Crippen molar-refractivity contribution in [2.75, 3.05) is 18.4 Å². The predicted molar refractivity (Wildman–Crippen MR) is 71.6 cm³/mol. The third kappa shape index (κ3) is 3.02. The molecule has 0 aliphatic carbocycles. The molecular formula is C10H12Br2N4O. The van der Waals surface area contributed by atoms with E-state index in [1.54, 1.807) is 6.20 Å². The predicted octanol–water partition coefficient (Wildman–Crippen LogP) is 1.80. The number of aromatic nitrogens is 2. The maximum Gasteiger partial charge on any atom is 0.230 e. The molecule has 0 radical (unpaired) electrons. The maximum absolute atomic E-state index is 12.0. The molecule has 1 aliphatic rings. The van der Waals surface area contributed by atoms with Crippen molar-refractivity contribution in [3.63, 3.8) is 0 Å². The molecule has 1 saturated heterocycles. The highest BCUT2D eigenvalue weighted by Gasteiger charge is 2.30. The number of anilines is 1. The summed E-state index contributed by atoms with van der Waals surface area (Å²) in [5.74, 6) is 0.779. The second-order valence-corrected chi connectivity index (χ2v) is 5.63. The quantitative estimate of drug-likeness (QED) is 0.840. The van der Waals surface area contributed by atoms with Crippen LogP contribution in [0.15, 0.2) is 15.4 Å². The summed E-state index contributed by atoms with van der Waals surface area (Å²) in [6.07, 6.45) is 1.55. The van der Waals surface area contributed by atoms with Gasteiger partial charge < -0.3 is 10.6 Å². The molecule has 0 spiro atoms. The molecule has 7 heteroatoms. The zero-order valence-electron chi connectivity index (χ0n) is 9.20. The molecule has 2 heterocycles. The highest BCUT2D eigenvalue weighted by molar-refractivity contribution is 9.11. The molecule has 2 N–H and O–H groups in total. The van der Waals surface area contributed by atoms with Crippen LogP contribution in [0.3, 0.4) is 0 Å². The molecule has 1 aromatic heterocycles. The van der Waals surface area contributed by atoms with Gasteiger partial charge in [-0.3, -0.25) is 4.79 Å². The van der Waals surface area contributed by atoms with Gasteiger partial charge in [-0.15, -0.1) is 0 Å². The highest BCUT2D eigenvalue weighted by Crippen LogP contribution is 2.22. The van der Waals surface area contributed by atoms with Crippen LogP contribution in [0.1, 0.15) is 6.92 Å². The van der Waals surface area contributed by atoms with E-state index in [1.807, 2.05) is 0 Å². The first-order valence-electron chi connectivity index (χ1n) is 5.27. The minimum absolute atomic E-state index is 0.00709. The Morgan fingerprint density at radius 3 is 2.88 bits per heavy atom. The largest absolute Gasteiger partial charge is 0.316 e. The third-order valence-electron chi connectivity index (χ3n) is 2.80. The van der Waals surface area contributed by atoms with Gasteiger partial charge in [-0.1, -0.05) is 6.92 Å². The Bertz CT molecular complexity index is 440. The minimum atomic E-state index is -0.0141. The van der Waals surface area contributed by atoms with Crippen molar-refractivity contribution >= 4 is 43.6 Å². The highest BCUT2D eigenvalue weighted by atomic mass is 79.9. The summed E-state index contributed by atoms with van der Waals surface area (Å²) >= 11 is 6.48. The van der Waals surface area contributed by atoms with Gasteiger partial charge in [0, 0.05) is 6.54 Å². The van der Waals surface area contributed by atoms with E-state index in [9.17, 15) is 4.79 Å². The fourth-order valence-corrected chi connectivity index (χ4v) is 2.71. The normalized spacial score (nSPS) is 23.7. The van der Waals surface area contributed by atoms with Crippen LogP contribution >= 0.6 is 31.9 Å². The van der Waals surface area contributed by atoms with Crippen molar-refractivity contribution in [1.82, 2.24) is 15.3 Å². The lowest BCUT2D eigenvalue weighted by Crippen LogP contribution is -2.28. The van der Waals surface area contributed by atoms with E-state index in [-0.39, 0.29) is 11.8 Å². The van der Waals surface area contributed by atoms with Gasteiger partial charge in [-0.25, -0.2) is 9.97 Å². The van der Waals surface area contributed by atoms with Gasteiger partial charge in [0.05, 0.1) is 12.1 Å². The molecule has 1 amide bonds. The molecule has 2 rings (SSSR count). The van der Waals surface area contributed by atoms with E-state index in [0.717, 1.165) is 6.54 Å². The van der Waals surface area contributed by atoms with Gasteiger partial charge in [0.2, 0.25) is 5.91 Å². The Hall–Kier alpha value is -0.530. The van der Waals surface area contributed by atoms with E-state index in [1.165, 1.54) is 0 Å². The van der Waals surface area contributed by atoms with E-state index < -0.39 is 0 Å². The maximum atomic E-state index is 12.0.